The molecule has 0 aromatic heterocycles. The molecule has 0 spiro atoms. The summed E-state index contributed by atoms with van der Waals surface area (Å²) < 4.78 is 25.5. The first-order valence-electron chi connectivity index (χ1n) is 9.28. The number of carbonyl (C=O) groups excluding carboxylic acids is 1. The molecule has 0 bridgehead atoms. The van der Waals surface area contributed by atoms with E-state index in [0.717, 1.165) is 12.1 Å². The molecule has 7 heteroatoms. The Balaban J connectivity index is 1.85. The van der Waals surface area contributed by atoms with Crippen LogP contribution in [0.15, 0.2) is 18.2 Å². The Labute approximate surface area is 162 Å². The van der Waals surface area contributed by atoms with Crippen molar-refractivity contribution in [2.45, 2.75) is 51.9 Å². The van der Waals surface area contributed by atoms with Crippen LogP contribution in [-0.2, 0) is 14.8 Å². The highest BCUT2D eigenvalue weighted by molar-refractivity contribution is 7.92. The molecule has 0 atom stereocenters. The van der Waals surface area contributed by atoms with E-state index in [1.54, 1.807) is 18.2 Å². The summed E-state index contributed by atoms with van der Waals surface area (Å²) >= 11 is 6.12. The molecule has 0 aliphatic heterocycles. The minimum absolute atomic E-state index is 0.00837. The van der Waals surface area contributed by atoms with Crippen LogP contribution in [0.3, 0.4) is 0 Å². The number of aryl methyl sites for hydroxylation is 1. The van der Waals surface area contributed by atoms with Crippen LogP contribution in [0, 0.1) is 12.8 Å². The smallest absolute Gasteiger partial charge is 0.232 e. The second kappa shape index (κ2) is 9.60. The summed E-state index contributed by atoms with van der Waals surface area (Å²) in [7, 11) is -3.43. The molecule has 26 heavy (non-hydrogen) atoms. The predicted molar refractivity (Wildman–Crippen MR) is 107 cm³/mol. The normalized spacial score (nSPS) is 15.7. The van der Waals surface area contributed by atoms with Gasteiger partial charge >= 0.3 is 0 Å². The lowest BCUT2D eigenvalue weighted by Crippen LogP contribution is -2.33. The third-order valence-electron chi connectivity index (χ3n) is 4.92. The zero-order valence-corrected chi connectivity index (χ0v) is 17.2. The van der Waals surface area contributed by atoms with E-state index in [1.165, 1.54) is 42.7 Å². The molecule has 1 saturated carbocycles. The van der Waals surface area contributed by atoms with Crippen molar-refractivity contribution in [3.63, 3.8) is 0 Å². The fraction of sp³-hybridized carbons (Fsp3) is 0.632. The molecule has 1 aromatic rings. The van der Waals surface area contributed by atoms with Crippen LogP contribution >= 0.6 is 11.6 Å². The maximum absolute atomic E-state index is 12.1. The zero-order valence-electron chi connectivity index (χ0n) is 15.6. The number of amides is 1. The minimum Gasteiger partial charge on any atom is -0.356 e. The molecule has 0 saturated heterocycles. The van der Waals surface area contributed by atoms with Crippen molar-refractivity contribution in [2.24, 2.45) is 5.92 Å². The number of hydrogen-bond acceptors (Lipinski definition) is 3. The number of carbonyl (C=O) groups is 1. The van der Waals surface area contributed by atoms with Gasteiger partial charge in [-0.2, -0.15) is 0 Å². The lowest BCUT2D eigenvalue weighted by Gasteiger charge is -2.23. The Morgan fingerprint density at radius 3 is 2.58 bits per heavy atom. The van der Waals surface area contributed by atoms with E-state index in [-0.39, 0.29) is 12.5 Å². The van der Waals surface area contributed by atoms with Gasteiger partial charge in [-0.3, -0.25) is 9.10 Å². The van der Waals surface area contributed by atoms with Crippen molar-refractivity contribution < 1.29 is 13.2 Å². The van der Waals surface area contributed by atoms with Crippen LogP contribution < -0.4 is 9.62 Å². The van der Waals surface area contributed by atoms with Gasteiger partial charge in [0.05, 0.1) is 11.9 Å². The van der Waals surface area contributed by atoms with Gasteiger partial charge in [0.25, 0.3) is 0 Å². The molecule has 1 aliphatic carbocycles. The summed E-state index contributed by atoms with van der Waals surface area (Å²) in [6.45, 7) is 2.87. The molecular weight excluding hydrogens is 372 g/mol. The van der Waals surface area contributed by atoms with E-state index < -0.39 is 10.0 Å². The standard InChI is InChI=1S/C19H29ClN2O3S/c1-15-10-11-17(13-18(15)20)22(26(2,24)25)12-6-9-19(23)21-14-16-7-4-3-5-8-16/h10-11,13,16H,3-9,12,14H2,1-2H3,(H,21,23). The first-order valence-corrected chi connectivity index (χ1v) is 11.5. The van der Waals surface area contributed by atoms with Gasteiger partial charge < -0.3 is 5.32 Å². The summed E-state index contributed by atoms with van der Waals surface area (Å²) in [5.74, 6) is 0.584. The molecule has 1 fully saturated rings. The number of hydrogen-bond donors (Lipinski definition) is 1. The number of rotatable bonds is 8. The van der Waals surface area contributed by atoms with Crippen LogP contribution in [0.1, 0.15) is 50.5 Å². The van der Waals surface area contributed by atoms with Gasteiger partial charge in [0.1, 0.15) is 0 Å². The average Bonchev–Trinajstić information content (AvgIpc) is 2.59. The SMILES string of the molecule is Cc1ccc(N(CCCC(=O)NCC2CCCCC2)S(C)(=O)=O)cc1Cl. The van der Waals surface area contributed by atoms with Crippen molar-refractivity contribution >= 4 is 33.2 Å². The highest BCUT2D eigenvalue weighted by Gasteiger charge is 2.19. The Kier molecular flexibility index (Phi) is 7.77. The van der Waals surface area contributed by atoms with E-state index in [9.17, 15) is 13.2 Å². The molecule has 0 heterocycles. The summed E-state index contributed by atoms with van der Waals surface area (Å²) in [6, 6.07) is 5.19. The summed E-state index contributed by atoms with van der Waals surface area (Å²) in [6.07, 6.45) is 8.14. The van der Waals surface area contributed by atoms with Crippen molar-refractivity contribution in [2.75, 3.05) is 23.7 Å². The van der Waals surface area contributed by atoms with Crippen molar-refractivity contribution in [3.05, 3.63) is 28.8 Å². The quantitative estimate of drug-likeness (QED) is 0.719. The van der Waals surface area contributed by atoms with Gasteiger partial charge in [-0.15, -0.1) is 0 Å². The lowest BCUT2D eigenvalue weighted by atomic mass is 9.89. The molecular formula is C19H29ClN2O3S. The minimum atomic E-state index is -3.43. The highest BCUT2D eigenvalue weighted by Crippen LogP contribution is 2.25. The Morgan fingerprint density at radius 2 is 1.96 bits per heavy atom. The summed E-state index contributed by atoms with van der Waals surface area (Å²) in [4.78, 5) is 12.1. The first kappa shape index (κ1) is 21.0. The van der Waals surface area contributed by atoms with Gasteiger partial charge in [-0.1, -0.05) is 36.9 Å². The highest BCUT2D eigenvalue weighted by atomic mass is 35.5. The number of nitrogens with one attached hydrogen (secondary N) is 1. The Bertz CT molecular complexity index is 715. The maximum Gasteiger partial charge on any atom is 0.232 e. The molecule has 0 radical (unpaired) electrons. The van der Waals surface area contributed by atoms with E-state index in [2.05, 4.69) is 5.32 Å². The monoisotopic (exact) mass is 400 g/mol. The van der Waals surface area contributed by atoms with Crippen molar-refractivity contribution in [1.29, 1.82) is 0 Å². The lowest BCUT2D eigenvalue weighted by molar-refractivity contribution is -0.121. The van der Waals surface area contributed by atoms with Crippen LogP contribution in [-0.4, -0.2) is 33.7 Å². The van der Waals surface area contributed by atoms with Crippen LogP contribution in [0.4, 0.5) is 5.69 Å². The topological polar surface area (TPSA) is 66.5 Å². The number of benzene rings is 1. The van der Waals surface area contributed by atoms with Gasteiger partial charge in [0.2, 0.25) is 15.9 Å². The third-order valence-corrected chi connectivity index (χ3v) is 6.52. The van der Waals surface area contributed by atoms with E-state index in [0.29, 0.717) is 29.5 Å². The number of nitrogens with zero attached hydrogens (tertiary/aromatic N) is 1. The van der Waals surface area contributed by atoms with E-state index in [4.69, 9.17) is 11.6 Å². The van der Waals surface area contributed by atoms with Gasteiger partial charge in [0.15, 0.2) is 0 Å². The number of anilines is 1. The van der Waals surface area contributed by atoms with Crippen LogP contribution in [0.5, 0.6) is 0 Å². The molecule has 1 N–H and O–H groups in total. The molecule has 2 rings (SSSR count). The van der Waals surface area contributed by atoms with Crippen molar-refractivity contribution in [3.8, 4) is 0 Å². The fourth-order valence-electron chi connectivity index (χ4n) is 3.34. The molecule has 0 unspecified atom stereocenters. The second-order valence-electron chi connectivity index (χ2n) is 7.18. The molecule has 5 nitrogen and oxygen atoms in total. The fourth-order valence-corrected chi connectivity index (χ4v) is 4.48. The number of sulfonamides is 1. The first-order chi connectivity index (χ1) is 12.3. The molecule has 146 valence electrons. The van der Waals surface area contributed by atoms with E-state index in [1.807, 2.05) is 6.92 Å². The molecule has 1 aromatic carbocycles. The summed E-state index contributed by atoms with van der Waals surface area (Å²) in [5.41, 5.74) is 1.43. The second-order valence-corrected chi connectivity index (χ2v) is 9.49. The van der Waals surface area contributed by atoms with Crippen molar-refractivity contribution in [1.82, 2.24) is 5.32 Å². The Morgan fingerprint density at radius 1 is 1.27 bits per heavy atom. The van der Waals surface area contributed by atoms with Gasteiger partial charge in [-0.05, 0) is 49.8 Å². The van der Waals surface area contributed by atoms with Gasteiger partial charge in [-0.25, -0.2) is 8.42 Å². The average molecular weight is 401 g/mol. The third kappa shape index (κ3) is 6.47. The van der Waals surface area contributed by atoms with Crippen LogP contribution in [0.2, 0.25) is 5.02 Å². The van der Waals surface area contributed by atoms with E-state index >= 15 is 0 Å². The zero-order chi connectivity index (χ0) is 19.2. The predicted octanol–water partition coefficient (Wildman–Crippen LogP) is 3.89. The Hall–Kier alpha value is -1.27. The van der Waals surface area contributed by atoms with Gasteiger partial charge in [0, 0.05) is 24.5 Å². The molecule has 1 aliphatic rings. The molecule has 1 amide bonds. The van der Waals surface area contributed by atoms with Crippen LogP contribution in [0.25, 0.3) is 0 Å². The summed E-state index contributed by atoms with van der Waals surface area (Å²) in [5, 5.41) is 3.52. The largest absolute Gasteiger partial charge is 0.356 e. The maximum atomic E-state index is 12.1. The number of halogens is 1.